The lowest BCUT2D eigenvalue weighted by Gasteiger charge is -2.28. The number of quaternary nitrogens is 1. The largest absolute Gasteiger partial charge is 0.756 e. The number of unbranched alkanes of at least 4 members (excludes halogenated alkanes) is 12. The van der Waals surface area contributed by atoms with Gasteiger partial charge in [-0.1, -0.05) is 84.0 Å². The Balaban J connectivity index is 2.53. The predicted molar refractivity (Wildman–Crippen MR) is 172 cm³/mol. The van der Waals surface area contributed by atoms with Gasteiger partial charge in [0, 0.05) is 6.42 Å². The van der Waals surface area contributed by atoms with Gasteiger partial charge >= 0.3 is 11.9 Å². The van der Waals surface area contributed by atoms with Crippen LogP contribution in [-0.4, -0.2) is 84.3 Å². The highest BCUT2D eigenvalue weighted by atomic mass is 31.2. The van der Waals surface area contributed by atoms with Crippen LogP contribution in [0.1, 0.15) is 107 Å². The van der Waals surface area contributed by atoms with Crippen LogP contribution in [0.4, 0.5) is 0 Å². The lowest BCUT2D eigenvalue weighted by molar-refractivity contribution is -0.870. The van der Waals surface area contributed by atoms with E-state index in [1.165, 1.54) is 84.1 Å². The highest BCUT2D eigenvalue weighted by molar-refractivity contribution is 7.45. The molecule has 0 N–H and O–H groups in total. The molecule has 1 rings (SSSR count). The smallest absolute Gasteiger partial charge is 0.338 e. The number of likely N-dealkylation sites (N-methyl/N-ethyl adjacent to an activating group) is 1. The number of phosphoric acid groups is 1. The Hall–Kier alpha value is -2.17. The fraction of sp³-hybridized carbons (Fsp3) is 0.758. The molecule has 260 valence electrons. The van der Waals surface area contributed by atoms with E-state index < -0.39 is 32.5 Å². The van der Waals surface area contributed by atoms with Crippen molar-refractivity contribution in [3.63, 3.8) is 0 Å². The van der Waals surface area contributed by atoms with Gasteiger partial charge in [0.1, 0.15) is 19.8 Å². The van der Waals surface area contributed by atoms with Crippen LogP contribution in [0, 0.1) is 0 Å². The molecule has 1 unspecified atom stereocenters. The Kier molecular flexibility index (Phi) is 21.1. The zero-order valence-electron chi connectivity index (χ0n) is 28.5. The summed E-state index contributed by atoms with van der Waals surface area (Å²) >= 11 is 0. The van der Waals surface area contributed by atoms with E-state index in [2.05, 4.69) is 6.92 Å². The molecule has 12 heteroatoms. The zero-order valence-corrected chi connectivity index (χ0v) is 29.4. The first-order chi connectivity index (χ1) is 21.4. The standard InChI is InChI=1S/C33H58NO10P/c1-7-8-9-10-11-12-13-14-15-16-17-18-19-20-32(35)41-26-29(27-43-45(37,38)42-24-23-34(2,3)4)44-33(36)28-21-22-30(39-5)31(25-28)40-6/h21-22,25,29H,7-20,23-24,26-27H2,1-6H3/t29-/m1/s1. The first-order valence-corrected chi connectivity index (χ1v) is 17.9. The zero-order chi connectivity index (χ0) is 33.6. The summed E-state index contributed by atoms with van der Waals surface area (Å²) in [5.41, 5.74) is 0.139. The Morgan fingerprint density at radius 1 is 0.800 bits per heavy atom. The number of hydrogen-bond donors (Lipinski definition) is 0. The van der Waals surface area contributed by atoms with Crippen LogP contribution in [0.3, 0.4) is 0 Å². The molecule has 0 aromatic heterocycles. The normalized spacial score (nSPS) is 13.6. The molecule has 0 amide bonds. The van der Waals surface area contributed by atoms with Gasteiger partial charge in [0.15, 0.2) is 17.6 Å². The lowest BCUT2D eigenvalue weighted by Crippen LogP contribution is -2.37. The Bertz CT molecular complexity index is 1010. The number of hydrogen-bond acceptors (Lipinski definition) is 10. The molecule has 0 spiro atoms. The van der Waals surface area contributed by atoms with Gasteiger partial charge in [-0.15, -0.1) is 0 Å². The summed E-state index contributed by atoms with van der Waals surface area (Å²) in [6.45, 7) is 1.66. The molecule has 0 aliphatic heterocycles. The summed E-state index contributed by atoms with van der Waals surface area (Å²) in [7, 11) is 3.91. The number of rotatable bonds is 27. The van der Waals surface area contributed by atoms with Gasteiger partial charge in [0.25, 0.3) is 7.82 Å². The van der Waals surface area contributed by atoms with Crippen LogP contribution in [0.5, 0.6) is 11.5 Å². The molecular formula is C33H58NO10P. The maximum atomic E-state index is 12.9. The number of benzene rings is 1. The maximum absolute atomic E-state index is 12.9. The second-order valence-electron chi connectivity index (χ2n) is 12.4. The number of nitrogens with zero attached hydrogens (tertiary/aromatic N) is 1. The quantitative estimate of drug-likeness (QED) is 0.0449. The van der Waals surface area contributed by atoms with E-state index in [1.807, 2.05) is 21.1 Å². The SMILES string of the molecule is CCCCCCCCCCCCCCCC(=O)OC[C@H](COP(=O)([O-])OCC[N+](C)(C)C)OC(=O)c1ccc(OC)c(OC)c1. The van der Waals surface area contributed by atoms with Crippen molar-refractivity contribution in [1.29, 1.82) is 0 Å². The summed E-state index contributed by atoms with van der Waals surface area (Å²) < 4.78 is 44.0. The van der Waals surface area contributed by atoms with Gasteiger partial charge in [-0.3, -0.25) is 9.36 Å². The van der Waals surface area contributed by atoms with Crippen molar-refractivity contribution in [1.82, 2.24) is 0 Å². The van der Waals surface area contributed by atoms with Gasteiger partial charge in [-0.25, -0.2) is 4.79 Å². The summed E-state index contributed by atoms with van der Waals surface area (Å²) in [5.74, 6) is -0.480. The first kappa shape index (κ1) is 40.9. The van der Waals surface area contributed by atoms with Crippen LogP contribution in [0.15, 0.2) is 18.2 Å². The monoisotopic (exact) mass is 659 g/mol. The average molecular weight is 660 g/mol. The molecular weight excluding hydrogens is 601 g/mol. The van der Waals surface area contributed by atoms with Crippen LogP contribution in [0.2, 0.25) is 0 Å². The third-order valence-corrected chi connectivity index (χ3v) is 8.20. The molecule has 45 heavy (non-hydrogen) atoms. The molecule has 0 radical (unpaired) electrons. The molecule has 1 aromatic carbocycles. The second kappa shape index (κ2) is 23.2. The first-order valence-electron chi connectivity index (χ1n) is 16.4. The van der Waals surface area contributed by atoms with E-state index in [4.69, 9.17) is 28.0 Å². The highest BCUT2D eigenvalue weighted by Crippen LogP contribution is 2.38. The van der Waals surface area contributed by atoms with Gasteiger partial charge in [0.05, 0.1) is 47.5 Å². The number of esters is 2. The van der Waals surface area contributed by atoms with E-state index in [-0.39, 0.29) is 25.2 Å². The summed E-state index contributed by atoms with van der Waals surface area (Å²) in [6.07, 6.45) is 14.6. The van der Waals surface area contributed by atoms with E-state index in [9.17, 15) is 19.0 Å². The number of methoxy groups -OCH3 is 2. The number of ether oxygens (including phenoxy) is 4. The molecule has 1 aromatic rings. The third kappa shape index (κ3) is 20.5. The van der Waals surface area contributed by atoms with Crippen molar-refractivity contribution in [3.05, 3.63) is 23.8 Å². The van der Waals surface area contributed by atoms with Crippen molar-refractivity contribution >= 4 is 19.8 Å². The van der Waals surface area contributed by atoms with E-state index in [0.29, 0.717) is 28.9 Å². The van der Waals surface area contributed by atoms with Gasteiger partial charge in [-0.05, 0) is 24.6 Å². The molecule has 0 heterocycles. The molecule has 2 atom stereocenters. The summed E-state index contributed by atoms with van der Waals surface area (Å²) in [5, 5.41) is 0. The van der Waals surface area contributed by atoms with Crippen LogP contribution < -0.4 is 14.4 Å². The Morgan fingerprint density at radius 3 is 1.89 bits per heavy atom. The minimum Gasteiger partial charge on any atom is -0.756 e. The molecule has 0 saturated carbocycles. The second-order valence-corrected chi connectivity index (χ2v) is 13.8. The van der Waals surface area contributed by atoms with Gasteiger partial charge in [0.2, 0.25) is 0 Å². The molecule has 0 fully saturated rings. The van der Waals surface area contributed by atoms with E-state index in [1.54, 1.807) is 6.07 Å². The number of carbonyl (C=O) groups is 2. The maximum Gasteiger partial charge on any atom is 0.338 e. The van der Waals surface area contributed by atoms with Crippen molar-refractivity contribution < 1.29 is 51.5 Å². The molecule has 11 nitrogen and oxygen atoms in total. The van der Waals surface area contributed by atoms with Crippen molar-refractivity contribution in [3.8, 4) is 11.5 Å². The van der Waals surface area contributed by atoms with Gasteiger partial charge in [-0.2, -0.15) is 0 Å². The van der Waals surface area contributed by atoms with E-state index in [0.717, 1.165) is 19.3 Å². The highest BCUT2D eigenvalue weighted by Gasteiger charge is 2.23. The fourth-order valence-corrected chi connectivity index (χ4v) is 5.21. The third-order valence-electron chi connectivity index (χ3n) is 7.24. The van der Waals surface area contributed by atoms with Crippen LogP contribution in [0.25, 0.3) is 0 Å². The molecule has 0 saturated heterocycles. The molecule has 0 aliphatic rings. The number of carbonyl (C=O) groups excluding carboxylic acids is 2. The Morgan fingerprint density at radius 2 is 1.36 bits per heavy atom. The summed E-state index contributed by atoms with van der Waals surface area (Å²) in [6, 6.07) is 4.46. The average Bonchev–Trinajstić information content (AvgIpc) is 2.99. The number of phosphoric ester groups is 1. The topological polar surface area (TPSA) is 130 Å². The van der Waals surface area contributed by atoms with Crippen molar-refractivity contribution in [2.45, 2.75) is 103 Å². The van der Waals surface area contributed by atoms with Gasteiger partial charge < -0.3 is 37.4 Å². The van der Waals surface area contributed by atoms with Crippen LogP contribution in [-0.2, 0) is 27.9 Å². The lowest BCUT2D eigenvalue weighted by atomic mass is 10.0. The minimum atomic E-state index is -4.69. The Labute approximate surface area is 271 Å². The van der Waals surface area contributed by atoms with Crippen molar-refractivity contribution in [2.75, 3.05) is 61.7 Å². The molecule has 0 aliphatic carbocycles. The van der Waals surface area contributed by atoms with Crippen molar-refractivity contribution in [2.24, 2.45) is 0 Å². The fourth-order valence-electron chi connectivity index (χ4n) is 4.48. The predicted octanol–water partition coefficient (Wildman–Crippen LogP) is 6.46. The minimum absolute atomic E-state index is 0.0749. The molecule has 0 bridgehead atoms. The van der Waals surface area contributed by atoms with E-state index >= 15 is 0 Å². The summed E-state index contributed by atoms with van der Waals surface area (Å²) in [4.78, 5) is 37.6. The van der Waals surface area contributed by atoms with Crippen LogP contribution >= 0.6 is 7.82 Å².